The number of carbonyl (C=O) groups excluding carboxylic acids is 1. The van der Waals surface area contributed by atoms with Crippen LogP contribution in [0.5, 0.6) is 0 Å². The van der Waals surface area contributed by atoms with Gasteiger partial charge in [-0.05, 0) is 43.2 Å². The highest BCUT2D eigenvalue weighted by molar-refractivity contribution is 6.06. The fourth-order valence-electron chi connectivity index (χ4n) is 1.95. The molecule has 1 amide bonds. The van der Waals surface area contributed by atoms with Gasteiger partial charge in [0, 0.05) is 18.3 Å². The lowest BCUT2D eigenvalue weighted by Gasteiger charge is -2.18. The van der Waals surface area contributed by atoms with Crippen molar-refractivity contribution in [2.24, 2.45) is 0 Å². The molecule has 0 spiro atoms. The summed E-state index contributed by atoms with van der Waals surface area (Å²) in [5, 5.41) is 0. The maximum Gasteiger partial charge on any atom is 0.258 e. The second kappa shape index (κ2) is 10.6. The van der Waals surface area contributed by atoms with Crippen molar-refractivity contribution in [2.75, 3.05) is 11.9 Å². The van der Waals surface area contributed by atoms with Crippen LogP contribution >= 0.6 is 0 Å². The third kappa shape index (κ3) is 5.36. The Morgan fingerprint density at radius 2 is 1.45 bits per heavy atom. The molecular weight excluding hydrogens is 270 g/mol. The first-order valence-corrected chi connectivity index (χ1v) is 8.00. The number of rotatable bonds is 2. The van der Waals surface area contributed by atoms with Gasteiger partial charge < -0.3 is 4.90 Å². The summed E-state index contributed by atoms with van der Waals surface area (Å²) in [6, 6.07) is 15.6. The summed E-state index contributed by atoms with van der Waals surface area (Å²) in [7, 11) is 1.81. The van der Waals surface area contributed by atoms with E-state index in [-0.39, 0.29) is 5.91 Å². The maximum absolute atomic E-state index is 12.4. The molecule has 0 fully saturated rings. The molecule has 0 aliphatic carbocycles. The lowest BCUT2D eigenvalue weighted by Crippen LogP contribution is -2.26. The van der Waals surface area contributed by atoms with Gasteiger partial charge in [0.1, 0.15) is 0 Å². The minimum absolute atomic E-state index is 0.0266. The predicted molar refractivity (Wildman–Crippen MR) is 97.8 cm³/mol. The zero-order valence-corrected chi connectivity index (χ0v) is 15.0. The highest BCUT2D eigenvalue weighted by Gasteiger charge is 2.14. The summed E-state index contributed by atoms with van der Waals surface area (Å²) in [5.41, 5.74) is 3.82. The zero-order chi connectivity index (χ0) is 17.1. The molecule has 0 radical (unpaired) electrons. The molecule has 0 atom stereocenters. The van der Waals surface area contributed by atoms with Crippen LogP contribution in [0, 0.1) is 13.8 Å². The van der Waals surface area contributed by atoms with Crippen molar-refractivity contribution in [1.29, 1.82) is 0 Å². The number of benzene rings is 2. The van der Waals surface area contributed by atoms with Gasteiger partial charge in [0.05, 0.1) is 0 Å². The van der Waals surface area contributed by atoms with Gasteiger partial charge in [-0.1, -0.05) is 58.0 Å². The SMILES string of the molecule is CC.CC.Cc1cccc(N(C)C(=O)c2ccccc2C)c1. The average molecular weight is 299 g/mol. The summed E-state index contributed by atoms with van der Waals surface area (Å²) in [5.74, 6) is 0.0266. The fraction of sp³-hybridized carbons (Fsp3) is 0.350. The van der Waals surface area contributed by atoms with Crippen LogP contribution in [0.3, 0.4) is 0 Å². The molecule has 0 bridgehead atoms. The first kappa shape index (κ1) is 19.9. The fourth-order valence-corrected chi connectivity index (χ4v) is 1.95. The summed E-state index contributed by atoms with van der Waals surface area (Å²) < 4.78 is 0. The number of nitrogens with zero attached hydrogens (tertiary/aromatic N) is 1. The number of amides is 1. The molecule has 0 N–H and O–H groups in total. The molecule has 2 heteroatoms. The van der Waals surface area contributed by atoms with E-state index in [1.54, 1.807) is 4.90 Å². The molecular formula is C20H29NO. The van der Waals surface area contributed by atoms with Gasteiger partial charge in [-0.2, -0.15) is 0 Å². The molecule has 2 aromatic carbocycles. The molecule has 2 nitrogen and oxygen atoms in total. The Labute approximate surface area is 135 Å². The molecule has 120 valence electrons. The smallest absolute Gasteiger partial charge is 0.258 e. The van der Waals surface area contributed by atoms with E-state index in [2.05, 4.69) is 0 Å². The molecule has 0 saturated carbocycles. The van der Waals surface area contributed by atoms with Gasteiger partial charge in [-0.15, -0.1) is 0 Å². The Hall–Kier alpha value is -2.09. The zero-order valence-electron chi connectivity index (χ0n) is 15.0. The predicted octanol–water partition coefficient (Wildman–Crippen LogP) is 5.63. The molecule has 0 aliphatic rings. The molecule has 0 aliphatic heterocycles. The van der Waals surface area contributed by atoms with E-state index in [0.29, 0.717) is 0 Å². The summed E-state index contributed by atoms with van der Waals surface area (Å²) >= 11 is 0. The lowest BCUT2D eigenvalue weighted by atomic mass is 10.1. The van der Waals surface area contributed by atoms with Gasteiger partial charge in [0.15, 0.2) is 0 Å². The third-order valence-corrected chi connectivity index (χ3v) is 3.07. The molecule has 0 aromatic heterocycles. The average Bonchev–Trinajstić information content (AvgIpc) is 2.57. The standard InChI is InChI=1S/C16H17NO.2C2H6/c1-12-7-6-9-14(11-12)17(3)16(18)15-10-5-4-8-13(15)2;2*1-2/h4-11H,1-3H3;2*1-2H3. The molecule has 2 aromatic rings. The maximum atomic E-state index is 12.4. The van der Waals surface area contributed by atoms with E-state index in [9.17, 15) is 4.79 Å². The lowest BCUT2D eigenvalue weighted by molar-refractivity contribution is 0.0992. The van der Waals surface area contributed by atoms with Crippen LogP contribution in [0.1, 0.15) is 49.2 Å². The monoisotopic (exact) mass is 299 g/mol. The normalized spacial score (nSPS) is 8.86. The Morgan fingerprint density at radius 3 is 2.00 bits per heavy atom. The van der Waals surface area contributed by atoms with E-state index in [1.165, 1.54) is 0 Å². The van der Waals surface area contributed by atoms with Gasteiger partial charge in [-0.25, -0.2) is 0 Å². The molecule has 0 unspecified atom stereocenters. The van der Waals surface area contributed by atoms with Crippen molar-refractivity contribution in [3.05, 3.63) is 65.2 Å². The van der Waals surface area contributed by atoms with Crippen LogP contribution in [0.2, 0.25) is 0 Å². The summed E-state index contributed by atoms with van der Waals surface area (Å²) in [6.45, 7) is 12.0. The highest BCUT2D eigenvalue weighted by Crippen LogP contribution is 2.18. The van der Waals surface area contributed by atoms with Gasteiger partial charge in [-0.3, -0.25) is 4.79 Å². The largest absolute Gasteiger partial charge is 0.311 e. The number of carbonyl (C=O) groups is 1. The number of hydrogen-bond acceptors (Lipinski definition) is 1. The van der Waals surface area contributed by atoms with Gasteiger partial charge in [0.25, 0.3) is 5.91 Å². The van der Waals surface area contributed by atoms with Gasteiger partial charge in [0.2, 0.25) is 0 Å². The Balaban J connectivity index is 0.00000102. The van der Waals surface area contributed by atoms with E-state index >= 15 is 0 Å². The topological polar surface area (TPSA) is 20.3 Å². The van der Waals surface area contributed by atoms with E-state index < -0.39 is 0 Å². The number of aryl methyl sites for hydroxylation is 2. The summed E-state index contributed by atoms with van der Waals surface area (Å²) in [4.78, 5) is 14.1. The van der Waals surface area contributed by atoms with E-state index in [0.717, 1.165) is 22.4 Å². The van der Waals surface area contributed by atoms with Crippen LogP contribution in [-0.2, 0) is 0 Å². The quantitative estimate of drug-likeness (QED) is 0.703. The molecule has 22 heavy (non-hydrogen) atoms. The van der Waals surface area contributed by atoms with Crippen molar-refractivity contribution in [2.45, 2.75) is 41.5 Å². The highest BCUT2D eigenvalue weighted by atomic mass is 16.2. The molecule has 2 rings (SSSR count). The molecule has 0 saturated heterocycles. The minimum atomic E-state index is 0.0266. The van der Waals surface area contributed by atoms with Gasteiger partial charge >= 0.3 is 0 Å². The van der Waals surface area contributed by atoms with E-state index in [1.807, 2.05) is 97.1 Å². The van der Waals surface area contributed by atoms with Crippen LogP contribution in [-0.4, -0.2) is 13.0 Å². The molecule has 0 heterocycles. The number of anilines is 1. The van der Waals surface area contributed by atoms with Crippen LogP contribution < -0.4 is 4.90 Å². The van der Waals surface area contributed by atoms with Crippen molar-refractivity contribution in [3.8, 4) is 0 Å². The summed E-state index contributed by atoms with van der Waals surface area (Å²) in [6.07, 6.45) is 0. The third-order valence-electron chi connectivity index (χ3n) is 3.07. The number of hydrogen-bond donors (Lipinski definition) is 0. The first-order valence-electron chi connectivity index (χ1n) is 8.00. The second-order valence-corrected chi connectivity index (χ2v) is 4.52. The van der Waals surface area contributed by atoms with Crippen LogP contribution in [0.15, 0.2) is 48.5 Å². The Morgan fingerprint density at radius 1 is 0.864 bits per heavy atom. The van der Waals surface area contributed by atoms with E-state index in [4.69, 9.17) is 0 Å². The first-order chi connectivity index (χ1) is 10.6. The van der Waals surface area contributed by atoms with Crippen molar-refractivity contribution in [3.63, 3.8) is 0 Å². The van der Waals surface area contributed by atoms with Crippen LogP contribution in [0.4, 0.5) is 5.69 Å². The Bertz CT molecular complexity index is 575. The minimum Gasteiger partial charge on any atom is -0.311 e. The van der Waals surface area contributed by atoms with Crippen molar-refractivity contribution >= 4 is 11.6 Å². The van der Waals surface area contributed by atoms with Crippen molar-refractivity contribution < 1.29 is 4.79 Å². The second-order valence-electron chi connectivity index (χ2n) is 4.52. The Kier molecular flexibility index (Phi) is 9.60. The van der Waals surface area contributed by atoms with Crippen LogP contribution in [0.25, 0.3) is 0 Å². The van der Waals surface area contributed by atoms with Crippen molar-refractivity contribution in [1.82, 2.24) is 0 Å².